The van der Waals surface area contributed by atoms with Crippen molar-refractivity contribution in [1.82, 2.24) is 10.6 Å². The quantitative estimate of drug-likeness (QED) is 0.637. The molecule has 5 nitrogen and oxygen atoms in total. The smallest absolute Gasteiger partial charge is 0.275 e. The van der Waals surface area contributed by atoms with Crippen LogP contribution in [0.4, 0.5) is 0 Å². The highest BCUT2D eigenvalue weighted by Crippen LogP contribution is 2.14. The summed E-state index contributed by atoms with van der Waals surface area (Å²) in [5.74, 6) is 0.263. The number of rotatable bonds is 8. The zero-order chi connectivity index (χ0) is 16.5. The van der Waals surface area contributed by atoms with Gasteiger partial charge in [-0.1, -0.05) is 38.1 Å². The standard InChI is InChI=1S/C17H27N3O2/c1-5-18-16(21)10-19-17(22)12-20(4)11-14-6-8-15(9-7-14)13(2)3/h6-9,13H,5,10-12H2,1-4H3,(H,18,21)(H,19,22)/p+1. The van der Waals surface area contributed by atoms with Crippen LogP contribution in [0.5, 0.6) is 0 Å². The fourth-order valence-electron chi connectivity index (χ4n) is 2.21. The maximum Gasteiger partial charge on any atom is 0.275 e. The Kier molecular flexibility index (Phi) is 7.60. The van der Waals surface area contributed by atoms with Crippen LogP contribution < -0.4 is 15.5 Å². The lowest BCUT2D eigenvalue weighted by Crippen LogP contribution is -3.08. The third-order valence-corrected chi connectivity index (χ3v) is 3.43. The number of carbonyl (C=O) groups is 2. The van der Waals surface area contributed by atoms with Crippen molar-refractivity contribution in [3.8, 4) is 0 Å². The molecule has 0 aliphatic heterocycles. The maximum atomic E-state index is 11.8. The van der Waals surface area contributed by atoms with Crippen molar-refractivity contribution >= 4 is 11.8 Å². The summed E-state index contributed by atoms with van der Waals surface area (Å²) in [7, 11) is 1.97. The first-order valence-electron chi connectivity index (χ1n) is 7.85. The first kappa shape index (κ1) is 18.2. The highest BCUT2D eigenvalue weighted by Gasteiger charge is 2.11. The van der Waals surface area contributed by atoms with Crippen LogP contribution in [0.15, 0.2) is 24.3 Å². The second-order valence-corrected chi connectivity index (χ2v) is 5.94. The largest absolute Gasteiger partial charge is 0.355 e. The van der Waals surface area contributed by atoms with Crippen molar-refractivity contribution < 1.29 is 14.5 Å². The number of benzene rings is 1. The fraction of sp³-hybridized carbons (Fsp3) is 0.529. The molecule has 0 bridgehead atoms. The molecule has 1 rings (SSSR count). The number of hydrogen-bond donors (Lipinski definition) is 3. The summed E-state index contributed by atoms with van der Waals surface area (Å²) in [6.07, 6.45) is 0. The summed E-state index contributed by atoms with van der Waals surface area (Å²) in [4.78, 5) is 24.2. The molecule has 122 valence electrons. The molecular formula is C17H28N3O2+. The summed E-state index contributed by atoms with van der Waals surface area (Å²) >= 11 is 0. The predicted octanol–water partition coefficient (Wildman–Crippen LogP) is 0.0770. The molecule has 0 aromatic heterocycles. The zero-order valence-corrected chi connectivity index (χ0v) is 14.0. The van der Waals surface area contributed by atoms with Gasteiger partial charge < -0.3 is 15.5 Å². The SMILES string of the molecule is CCNC(=O)CNC(=O)C[NH+](C)Cc1ccc(C(C)C)cc1. The van der Waals surface area contributed by atoms with Gasteiger partial charge in [0.1, 0.15) is 6.54 Å². The van der Waals surface area contributed by atoms with Crippen LogP contribution in [0.3, 0.4) is 0 Å². The van der Waals surface area contributed by atoms with E-state index in [0.717, 1.165) is 11.4 Å². The zero-order valence-electron chi connectivity index (χ0n) is 14.0. The van der Waals surface area contributed by atoms with Crippen LogP contribution in [0.25, 0.3) is 0 Å². The molecule has 0 aliphatic carbocycles. The number of hydrogen-bond acceptors (Lipinski definition) is 2. The second-order valence-electron chi connectivity index (χ2n) is 5.94. The normalized spacial score (nSPS) is 12.0. The van der Waals surface area contributed by atoms with Gasteiger partial charge in [-0.3, -0.25) is 9.59 Å². The Morgan fingerprint density at radius 1 is 1.09 bits per heavy atom. The first-order chi connectivity index (χ1) is 10.4. The van der Waals surface area contributed by atoms with Gasteiger partial charge in [0.25, 0.3) is 5.91 Å². The molecule has 3 N–H and O–H groups in total. The van der Waals surface area contributed by atoms with E-state index in [2.05, 4.69) is 48.7 Å². The first-order valence-corrected chi connectivity index (χ1v) is 7.85. The molecule has 2 amide bonds. The van der Waals surface area contributed by atoms with Gasteiger partial charge in [-0.2, -0.15) is 0 Å². The molecule has 1 aromatic rings. The topological polar surface area (TPSA) is 62.6 Å². The average molecular weight is 306 g/mol. The van der Waals surface area contributed by atoms with Crippen molar-refractivity contribution in [2.45, 2.75) is 33.2 Å². The molecule has 1 unspecified atom stereocenters. The number of carbonyl (C=O) groups excluding carboxylic acids is 2. The van der Waals surface area contributed by atoms with Crippen LogP contribution >= 0.6 is 0 Å². The van der Waals surface area contributed by atoms with E-state index >= 15 is 0 Å². The molecule has 0 saturated carbocycles. The van der Waals surface area contributed by atoms with Crippen LogP contribution in [-0.4, -0.2) is 38.5 Å². The summed E-state index contributed by atoms with van der Waals surface area (Å²) in [6, 6.07) is 8.52. The Labute approximate surface area is 133 Å². The molecule has 0 radical (unpaired) electrons. The van der Waals surface area contributed by atoms with Gasteiger partial charge >= 0.3 is 0 Å². The summed E-state index contributed by atoms with van der Waals surface area (Å²) in [6.45, 7) is 7.95. The van der Waals surface area contributed by atoms with E-state index in [0.29, 0.717) is 19.0 Å². The number of quaternary nitrogens is 1. The number of nitrogens with one attached hydrogen (secondary N) is 3. The van der Waals surface area contributed by atoms with Crippen molar-refractivity contribution in [3.05, 3.63) is 35.4 Å². The van der Waals surface area contributed by atoms with E-state index in [9.17, 15) is 9.59 Å². The van der Waals surface area contributed by atoms with Gasteiger partial charge in [0, 0.05) is 12.1 Å². The van der Waals surface area contributed by atoms with Gasteiger partial charge in [-0.25, -0.2) is 0 Å². The Hall–Kier alpha value is -1.88. The van der Waals surface area contributed by atoms with Crippen molar-refractivity contribution in [2.75, 3.05) is 26.7 Å². The second kappa shape index (κ2) is 9.20. The Morgan fingerprint density at radius 2 is 1.73 bits per heavy atom. The van der Waals surface area contributed by atoms with Gasteiger partial charge in [0.05, 0.1) is 13.6 Å². The molecule has 5 heteroatoms. The molecule has 0 aliphatic rings. The number of amides is 2. The van der Waals surface area contributed by atoms with Crippen LogP contribution in [0.2, 0.25) is 0 Å². The minimum atomic E-state index is -0.155. The molecule has 0 saturated heterocycles. The van der Waals surface area contributed by atoms with E-state index in [4.69, 9.17) is 0 Å². The Morgan fingerprint density at radius 3 is 2.27 bits per heavy atom. The molecule has 22 heavy (non-hydrogen) atoms. The lowest BCUT2D eigenvalue weighted by molar-refractivity contribution is -0.885. The highest BCUT2D eigenvalue weighted by atomic mass is 16.2. The molecular weight excluding hydrogens is 278 g/mol. The minimum absolute atomic E-state index is 0.0447. The molecule has 0 spiro atoms. The van der Waals surface area contributed by atoms with E-state index in [1.165, 1.54) is 11.1 Å². The van der Waals surface area contributed by atoms with Crippen molar-refractivity contribution in [1.29, 1.82) is 0 Å². The monoisotopic (exact) mass is 306 g/mol. The van der Waals surface area contributed by atoms with Crippen LogP contribution in [0, 0.1) is 0 Å². The summed E-state index contributed by atoms with van der Waals surface area (Å²) in [5.41, 5.74) is 2.53. The van der Waals surface area contributed by atoms with E-state index in [-0.39, 0.29) is 18.4 Å². The molecule has 0 heterocycles. The lowest BCUT2D eigenvalue weighted by Gasteiger charge is -2.14. The van der Waals surface area contributed by atoms with Crippen molar-refractivity contribution in [2.24, 2.45) is 0 Å². The van der Waals surface area contributed by atoms with Gasteiger partial charge in [0.2, 0.25) is 5.91 Å². The minimum Gasteiger partial charge on any atom is -0.355 e. The highest BCUT2D eigenvalue weighted by molar-refractivity contribution is 5.84. The fourth-order valence-corrected chi connectivity index (χ4v) is 2.21. The Balaban J connectivity index is 2.37. The maximum absolute atomic E-state index is 11.8. The summed E-state index contributed by atoms with van der Waals surface area (Å²) < 4.78 is 0. The van der Waals surface area contributed by atoms with Gasteiger partial charge in [-0.05, 0) is 18.4 Å². The van der Waals surface area contributed by atoms with E-state index < -0.39 is 0 Å². The van der Waals surface area contributed by atoms with Crippen molar-refractivity contribution in [3.63, 3.8) is 0 Å². The van der Waals surface area contributed by atoms with E-state index in [1.54, 1.807) is 0 Å². The molecule has 1 atom stereocenters. The van der Waals surface area contributed by atoms with Crippen LogP contribution in [-0.2, 0) is 16.1 Å². The molecule has 0 fully saturated rings. The third-order valence-electron chi connectivity index (χ3n) is 3.43. The lowest BCUT2D eigenvalue weighted by atomic mass is 10.0. The Bertz CT molecular complexity index is 483. The number of likely N-dealkylation sites (N-methyl/N-ethyl adjacent to an activating group) is 2. The van der Waals surface area contributed by atoms with Gasteiger partial charge in [-0.15, -0.1) is 0 Å². The summed E-state index contributed by atoms with van der Waals surface area (Å²) in [5, 5.41) is 5.28. The predicted molar refractivity (Wildman–Crippen MR) is 87.7 cm³/mol. The third kappa shape index (κ3) is 6.72. The van der Waals surface area contributed by atoms with E-state index in [1.807, 2.05) is 14.0 Å². The van der Waals surface area contributed by atoms with Gasteiger partial charge in [0.15, 0.2) is 6.54 Å². The average Bonchev–Trinajstić information content (AvgIpc) is 2.46. The van der Waals surface area contributed by atoms with Crippen LogP contribution in [0.1, 0.15) is 37.8 Å². The molecule has 1 aromatic carbocycles.